The van der Waals surface area contributed by atoms with Crippen LogP contribution in [0.15, 0.2) is 24.4 Å². The van der Waals surface area contributed by atoms with E-state index in [1.165, 1.54) is 39.3 Å². The zero-order chi connectivity index (χ0) is 17.2. The van der Waals surface area contributed by atoms with Crippen molar-refractivity contribution >= 4 is 5.78 Å². The number of Topliss-reactive ketones (excluding diaryl/α,β-unsaturated/α-hetero) is 1. The molecule has 0 aliphatic rings. The summed E-state index contributed by atoms with van der Waals surface area (Å²) in [6.07, 6.45) is -3.83. The first-order valence-corrected chi connectivity index (χ1v) is 6.45. The lowest BCUT2D eigenvalue weighted by molar-refractivity contribution is -0.144. The Kier molecular flexibility index (Phi) is 4.53. The minimum absolute atomic E-state index is 0.00906. The zero-order valence-electron chi connectivity index (χ0n) is 12.6. The molecule has 2 rings (SSSR count). The molecule has 0 spiro atoms. The number of carbonyl (C=O) groups is 1. The maximum atomic E-state index is 12.8. The van der Waals surface area contributed by atoms with Crippen LogP contribution in [0.3, 0.4) is 0 Å². The van der Waals surface area contributed by atoms with Crippen LogP contribution in [0.1, 0.15) is 23.1 Å². The first-order chi connectivity index (χ1) is 10.8. The third-order valence-electron chi connectivity index (χ3n) is 3.08. The Labute approximate surface area is 130 Å². The van der Waals surface area contributed by atoms with Gasteiger partial charge in [0, 0.05) is 11.8 Å². The van der Waals surface area contributed by atoms with Gasteiger partial charge < -0.3 is 9.47 Å². The van der Waals surface area contributed by atoms with Crippen molar-refractivity contribution in [3.8, 4) is 22.8 Å². The lowest BCUT2D eigenvalue weighted by Gasteiger charge is -2.12. The van der Waals surface area contributed by atoms with Crippen LogP contribution in [0, 0.1) is 0 Å². The fraction of sp³-hybridized carbons (Fsp3) is 0.267. The van der Waals surface area contributed by atoms with E-state index in [4.69, 9.17) is 9.47 Å². The Morgan fingerprint density at radius 3 is 2.30 bits per heavy atom. The van der Waals surface area contributed by atoms with Gasteiger partial charge in [0.05, 0.1) is 25.5 Å². The quantitative estimate of drug-likeness (QED) is 0.806. The average molecular weight is 326 g/mol. The van der Waals surface area contributed by atoms with Gasteiger partial charge in [0.15, 0.2) is 17.3 Å². The van der Waals surface area contributed by atoms with Gasteiger partial charge in [-0.25, -0.2) is 9.97 Å². The van der Waals surface area contributed by atoms with Gasteiger partial charge in [-0.3, -0.25) is 4.79 Å². The number of carbonyl (C=O) groups excluding carboxylic acids is 1. The van der Waals surface area contributed by atoms with Crippen LogP contribution in [-0.4, -0.2) is 30.0 Å². The Bertz CT molecular complexity index is 745. The highest BCUT2D eigenvalue weighted by Gasteiger charge is 2.35. The molecule has 23 heavy (non-hydrogen) atoms. The Hall–Kier alpha value is -2.64. The number of ketones is 1. The van der Waals surface area contributed by atoms with Gasteiger partial charge in [-0.05, 0) is 25.1 Å². The number of rotatable bonds is 4. The van der Waals surface area contributed by atoms with E-state index in [0.29, 0.717) is 17.1 Å². The molecule has 0 aliphatic heterocycles. The SMILES string of the molecule is COc1ccc(-c2nc(C(F)(F)F)ncc2C(C)=O)cc1OC. The normalized spacial score (nSPS) is 11.2. The number of aromatic nitrogens is 2. The lowest BCUT2D eigenvalue weighted by atomic mass is 10.0. The second-order valence-corrected chi connectivity index (χ2v) is 4.58. The van der Waals surface area contributed by atoms with E-state index < -0.39 is 17.8 Å². The van der Waals surface area contributed by atoms with Gasteiger partial charge >= 0.3 is 6.18 Å². The molecule has 2 aromatic rings. The summed E-state index contributed by atoms with van der Waals surface area (Å²) in [7, 11) is 2.83. The van der Waals surface area contributed by atoms with E-state index in [1.807, 2.05) is 0 Å². The number of ether oxygens (including phenoxy) is 2. The summed E-state index contributed by atoms with van der Waals surface area (Å²) in [5.74, 6) is -1.03. The number of nitrogens with zero attached hydrogens (tertiary/aromatic N) is 2. The van der Waals surface area contributed by atoms with Crippen LogP contribution >= 0.6 is 0 Å². The standard InChI is InChI=1S/C15H13F3N2O3/c1-8(21)10-7-19-14(15(16,17)18)20-13(10)9-4-5-11(22-2)12(6-9)23-3/h4-7H,1-3H3. The van der Waals surface area contributed by atoms with E-state index in [-0.39, 0.29) is 11.3 Å². The third-order valence-corrected chi connectivity index (χ3v) is 3.08. The molecule has 0 fully saturated rings. The van der Waals surface area contributed by atoms with Gasteiger partial charge in [-0.2, -0.15) is 13.2 Å². The van der Waals surface area contributed by atoms with Crippen molar-refractivity contribution in [3.05, 3.63) is 35.8 Å². The number of hydrogen-bond acceptors (Lipinski definition) is 5. The molecular formula is C15H13F3N2O3. The second-order valence-electron chi connectivity index (χ2n) is 4.58. The fourth-order valence-corrected chi connectivity index (χ4v) is 1.98. The molecule has 0 unspecified atom stereocenters. The summed E-state index contributed by atoms with van der Waals surface area (Å²) in [5, 5.41) is 0. The molecule has 0 saturated carbocycles. The molecule has 5 nitrogen and oxygen atoms in total. The Morgan fingerprint density at radius 1 is 1.13 bits per heavy atom. The number of hydrogen-bond donors (Lipinski definition) is 0. The maximum Gasteiger partial charge on any atom is 0.451 e. The summed E-state index contributed by atoms with van der Waals surface area (Å²) in [5.41, 5.74) is 0.173. The number of methoxy groups -OCH3 is 2. The van der Waals surface area contributed by atoms with Crippen LogP contribution in [0.2, 0.25) is 0 Å². The molecule has 0 N–H and O–H groups in total. The van der Waals surface area contributed by atoms with Gasteiger partial charge in [0.1, 0.15) is 0 Å². The van der Waals surface area contributed by atoms with Gasteiger partial charge in [0.2, 0.25) is 5.82 Å². The molecule has 0 aliphatic carbocycles. The topological polar surface area (TPSA) is 61.3 Å². The van der Waals surface area contributed by atoms with Gasteiger partial charge in [-0.15, -0.1) is 0 Å². The molecule has 1 heterocycles. The molecule has 0 radical (unpaired) electrons. The van der Waals surface area contributed by atoms with Crippen molar-refractivity contribution in [2.45, 2.75) is 13.1 Å². The highest BCUT2D eigenvalue weighted by atomic mass is 19.4. The van der Waals surface area contributed by atoms with Crippen molar-refractivity contribution in [2.24, 2.45) is 0 Å². The first kappa shape index (κ1) is 16.7. The van der Waals surface area contributed by atoms with E-state index in [2.05, 4.69) is 9.97 Å². The van der Waals surface area contributed by atoms with Crippen LogP contribution in [0.5, 0.6) is 11.5 Å². The predicted octanol–water partition coefficient (Wildman–Crippen LogP) is 3.38. The van der Waals surface area contributed by atoms with E-state index >= 15 is 0 Å². The molecule has 0 atom stereocenters. The first-order valence-electron chi connectivity index (χ1n) is 6.45. The fourth-order valence-electron chi connectivity index (χ4n) is 1.98. The van der Waals surface area contributed by atoms with Crippen LogP contribution < -0.4 is 9.47 Å². The summed E-state index contributed by atoms with van der Waals surface area (Å²) in [6.45, 7) is 1.23. The molecule has 1 aromatic carbocycles. The zero-order valence-corrected chi connectivity index (χ0v) is 12.6. The number of benzene rings is 1. The van der Waals surface area contributed by atoms with E-state index in [1.54, 1.807) is 0 Å². The third kappa shape index (κ3) is 3.41. The summed E-state index contributed by atoms with van der Waals surface area (Å²) in [6, 6.07) is 4.47. The highest BCUT2D eigenvalue weighted by molar-refractivity contribution is 5.99. The minimum atomic E-state index is -4.71. The van der Waals surface area contributed by atoms with Crippen molar-refractivity contribution in [1.29, 1.82) is 0 Å². The van der Waals surface area contributed by atoms with Crippen LogP contribution in [-0.2, 0) is 6.18 Å². The molecule has 0 saturated heterocycles. The molecule has 8 heteroatoms. The Morgan fingerprint density at radius 2 is 1.78 bits per heavy atom. The van der Waals surface area contributed by atoms with Gasteiger partial charge in [-0.1, -0.05) is 0 Å². The van der Waals surface area contributed by atoms with Crippen molar-refractivity contribution in [1.82, 2.24) is 9.97 Å². The predicted molar refractivity (Wildman–Crippen MR) is 75.6 cm³/mol. The smallest absolute Gasteiger partial charge is 0.451 e. The molecule has 0 bridgehead atoms. The molecule has 122 valence electrons. The van der Waals surface area contributed by atoms with Crippen LogP contribution in [0.25, 0.3) is 11.3 Å². The molecule has 0 amide bonds. The summed E-state index contributed by atoms with van der Waals surface area (Å²) in [4.78, 5) is 18.4. The second kappa shape index (κ2) is 6.23. The van der Waals surface area contributed by atoms with Gasteiger partial charge in [0.25, 0.3) is 0 Å². The maximum absolute atomic E-state index is 12.8. The van der Waals surface area contributed by atoms with E-state index in [0.717, 1.165) is 6.20 Å². The Balaban J connectivity index is 2.67. The largest absolute Gasteiger partial charge is 0.493 e. The van der Waals surface area contributed by atoms with Crippen molar-refractivity contribution in [2.75, 3.05) is 14.2 Å². The highest BCUT2D eigenvalue weighted by Crippen LogP contribution is 2.34. The van der Waals surface area contributed by atoms with E-state index in [9.17, 15) is 18.0 Å². The number of halogens is 3. The monoisotopic (exact) mass is 326 g/mol. The lowest BCUT2D eigenvalue weighted by Crippen LogP contribution is -2.13. The molecular weight excluding hydrogens is 313 g/mol. The number of alkyl halides is 3. The summed E-state index contributed by atoms with van der Waals surface area (Å²) >= 11 is 0. The van der Waals surface area contributed by atoms with Crippen molar-refractivity contribution in [3.63, 3.8) is 0 Å². The van der Waals surface area contributed by atoms with Crippen LogP contribution in [0.4, 0.5) is 13.2 Å². The molecule has 1 aromatic heterocycles. The summed E-state index contributed by atoms with van der Waals surface area (Å²) < 4.78 is 48.7. The van der Waals surface area contributed by atoms with Crippen molar-refractivity contribution < 1.29 is 27.4 Å². The minimum Gasteiger partial charge on any atom is -0.493 e. The average Bonchev–Trinajstić information content (AvgIpc) is 2.52.